The van der Waals surface area contributed by atoms with Gasteiger partial charge >= 0.3 is 0 Å². The maximum Gasteiger partial charge on any atom is 0.227 e. The largest absolute Gasteiger partial charge is 0.497 e. The molecule has 1 aromatic carbocycles. The topological polar surface area (TPSA) is 38.3 Å². The molecule has 0 spiro atoms. The Morgan fingerprint density at radius 2 is 1.95 bits per heavy atom. The quantitative estimate of drug-likeness (QED) is 0.863. The molecule has 2 rings (SSSR count). The Hall–Kier alpha value is -1.51. The molecule has 0 saturated heterocycles. The molecule has 1 aliphatic carbocycles. The number of methoxy groups -OCH3 is 1. The van der Waals surface area contributed by atoms with Gasteiger partial charge in [0.05, 0.1) is 13.0 Å². The van der Waals surface area contributed by atoms with E-state index in [2.05, 4.69) is 12.2 Å². The number of benzene rings is 1. The molecule has 0 radical (unpaired) electrons. The molecule has 3 heteroatoms. The summed E-state index contributed by atoms with van der Waals surface area (Å²) >= 11 is 0. The number of hydrogen-bond donors (Lipinski definition) is 1. The second-order valence-electron chi connectivity index (χ2n) is 5.59. The van der Waals surface area contributed by atoms with E-state index in [9.17, 15) is 4.79 Å². The van der Waals surface area contributed by atoms with Gasteiger partial charge in [0, 0.05) is 6.54 Å². The molecular formula is C17H25NO2. The van der Waals surface area contributed by atoms with Crippen molar-refractivity contribution in [2.24, 2.45) is 5.92 Å². The highest BCUT2D eigenvalue weighted by atomic mass is 16.5. The summed E-state index contributed by atoms with van der Waals surface area (Å²) in [6.45, 7) is 2.84. The summed E-state index contributed by atoms with van der Waals surface area (Å²) in [4.78, 5) is 12.5. The lowest BCUT2D eigenvalue weighted by Gasteiger charge is -2.23. The Bertz CT molecular complexity index is 421. The molecule has 1 atom stereocenters. The lowest BCUT2D eigenvalue weighted by atomic mass is 9.84. The summed E-state index contributed by atoms with van der Waals surface area (Å²) in [5.41, 5.74) is 1.12. The molecule has 0 bridgehead atoms. The zero-order chi connectivity index (χ0) is 14.4. The third kappa shape index (κ3) is 3.53. The number of ether oxygens (including phenoxy) is 1. The van der Waals surface area contributed by atoms with Gasteiger partial charge in [-0.3, -0.25) is 4.79 Å². The molecule has 1 unspecified atom stereocenters. The molecular weight excluding hydrogens is 250 g/mol. The van der Waals surface area contributed by atoms with Gasteiger partial charge in [-0.05, 0) is 42.9 Å². The van der Waals surface area contributed by atoms with Crippen LogP contribution in [0.4, 0.5) is 0 Å². The van der Waals surface area contributed by atoms with E-state index in [0.717, 1.165) is 37.1 Å². The molecule has 1 aromatic rings. The van der Waals surface area contributed by atoms with E-state index in [1.54, 1.807) is 7.11 Å². The summed E-state index contributed by atoms with van der Waals surface area (Å²) in [5.74, 6) is 1.51. The number of carbonyl (C=O) groups excluding carboxylic acids is 1. The normalized spacial score (nSPS) is 16.9. The van der Waals surface area contributed by atoms with E-state index in [1.165, 1.54) is 12.8 Å². The van der Waals surface area contributed by atoms with Gasteiger partial charge in [0.25, 0.3) is 0 Å². The van der Waals surface area contributed by atoms with Crippen molar-refractivity contribution in [3.8, 4) is 5.75 Å². The highest BCUT2D eigenvalue weighted by Crippen LogP contribution is 2.37. The minimum Gasteiger partial charge on any atom is -0.497 e. The number of rotatable bonds is 6. The smallest absolute Gasteiger partial charge is 0.227 e. The minimum absolute atomic E-state index is 0.00467. The van der Waals surface area contributed by atoms with Crippen LogP contribution in [0, 0.1) is 5.92 Å². The van der Waals surface area contributed by atoms with Gasteiger partial charge in [-0.25, -0.2) is 0 Å². The Morgan fingerprint density at radius 3 is 2.50 bits per heavy atom. The summed E-state index contributed by atoms with van der Waals surface area (Å²) in [5, 5.41) is 3.07. The van der Waals surface area contributed by atoms with Crippen LogP contribution in [-0.2, 0) is 4.79 Å². The van der Waals surface area contributed by atoms with E-state index in [4.69, 9.17) is 4.74 Å². The van der Waals surface area contributed by atoms with Gasteiger partial charge in [-0.15, -0.1) is 0 Å². The van der Waals surface area contributed by atoms with Crippen LogP contribution in [0.25, 0.3) is 0 Å². The second-order valence-corrected chi connectivity index (χ2v) is 5.59. The van der Waals surface area contributed by atoms with Crippen molar-refractivity contribution in [3.63, 3.8) is 0 Å². The van der Waals surface area contributed by atoms with Gasteiger partial charge < -0.3 is 10.1 Å². The lowest BCUT2D eigenvalue weighted by Crippen LogP contribution is -2.33. The van der Waals surface area contributed by atoms with Gasteiger partial charge in [0.2, 0.25) is 5.91 Å². The van der Waals surface area contributed by atoms with Crippen LogP contribution < -0.4 is 10.1 Å². The molecule has 110 valence electrons. The summed E-state index contributed by atoms with van der Waals surface area (Å²) in [6, 6.07) is 7.97. The molecule has 1 aliphatic rings. The first-order valence-corrected chi connectivity index (χ1v) is 7.68. The molecule has 0 aromatic heterocycles. The first kappa shape index (κ1) is 14.9. The summed E-state index contributed by atoms with van der Waals surface area (Å²) in [6.07, 6.45) is 5.80. The Balaban J connectivity index is 2.17. The van der Waals surface area contributed by atoms with Crippen LogP contribution in [0.15, 0.2) is 24.3 Å². The van der Waals surface area contributed by atoms with Crippen molar-refractivity contribution in [1.29, 1.82) is 0 Å². The molecule has 1 saturated carbocycles. The molecule has 1 N–H and O–H groups in total. The summed E-state index contributed by atoms with van der Waals surface area (Å²) in [7, 11) is 1.66. The standard InChI is InChI=1S/C17H25NO2/c1-3-12-18-17(19)16(13-6-4-5-7-13)14-8-10-15(20-2)11-9-14/h8-11,13,16H,3-7,12H2,1-2H3,(H,18,19). The maximum atomic E-state index is 12.5. The van der Waals surface area contributed by atoms with Gasteiger partial charge in [-0.2, -0.15) is 0 Å². The average molecular weight is 275 g/mol. The monoisotopic (exact) mass is 275 g/mol. The van der Waals surface area contributed by atoms with E-state index in [0.29, 0.717) is 5.92 Å². The Kier molecular flexibility index (Phi) is 5.45. The first-order valence-electron chi connectivity index (χ1n) is 7.68. The predicted octanol–water partition coefficient (Wildman–Crippen LogP) is 3.50. The van der Waals surface area contributed by atoms with Crippen LogP contribution >= 0.6 is 0 Å². The van der Waals surface area contributed by atoms with E-state index in [1.807, 2.05) is 24.3 Å². The number of hydrogen-bond acceptors (Lipinski definition) is 2. The fourth-order valence-corrected chi connectivity index (χ4v) is 3.10. The summed E-state index contributed by atoms with van der Waals surface area (Å²) < 4.78 is 5.20. The molecule has 0 heterocycles. The van der Waals surface area contributed by atoms with Crippen molar-refractivity contribution >= 4 is 5.91 Å². The molecule has 1 amide bonds. The Labute approximate surface area is 121 Å². The second kappa shape index (κ2) is 7.32. The number of carbonyl (C=O) groups is 1. The van der Waals surface area contributed by atoms with Crippen LogP contribution in [-0.4, -0.2) is 19.6 Å². The predicted molar refractivity (Wildman–Crippen MR) is 81.0 cm³/mol. The van der Waals surface area contributed by atoms with Crippen molar-refractivity contribution in [2.75, 3.05) is 13.7 Å². The van der Waals surface area contributed by atoms with Gasteiger partial charge in [0.15, 0.2) is 0 Å². The molecule has 1 fully saturated rings. The molecule has 3 nitrogen and oxygen atoms in total. The third-order valence-corrected chi connectivity index (χ3v) is 4.18. The fraction of sp³-hybridized carbons (Fsp3) is 0.588. The zero-order valence-corrected chi connectivity index (χ0v) is 12.5. The SMILES string of the molecule is CCCNC(=O)C(c1ccc(OC)cc1)C1CCCC1. The van der Waals surface area contributed by atoms with Gasteiger partial charge in [-0.1, -0.05) is 31.9 Å². The Morgan fingerprint density at radius 1 is 1.30 bits per heavy atom. The van der Waals surface area contributed by atoms with Crippen LogP contribution in [0.3, 0.4) is 0 Å². The minimum atomic E-state index is -0.00467. The average Bonchev–Trinajstić information content (AvgIpc) is 3.00. The van der Waals surface area contributed by atoms with E-state index < -0.39 is 0 Å². The fourth-order valence-electron chi connectivity index (χ4n) is 3.10. The van der Waals surface area contributed by atoms with Crippen LogP contribution in [0.2, 0.25) is 0 Å². The van der Waals surface area contributed by atoms with Crippen LogP contribution in [0.1, 0.15) is 50.5 Å². The molecule has 0 aliphatic heterocycles. The molecule has 20 heavy (non-hydrogen) atoms. The maximum absolute atomic E-state index is 12.5. The van der Waals surface area contributed by atoms with E-state index >= 15 is 0 Å². The highest BCUT2D eigenvalue weighted by molar-refractivity contribution is 5.84. The lowest BCUT2D eigenvalue weighted by molar-refractivity contribution is -0.123. The van der Waals surface area contributed by atoms with Crippen molar-refractivity contribution in [3.05, 3.63) is 29.8 Å². The number of nitrogens with one attached hydrogen (secondary N) is 1. The zero-order valence-electron chi connectivity index (χ0n) is 12.5. The van der Waals surface area contributed by atoms with E-state index in [-0.39, 0.29) is 11.8 Å². The van der Waals surface area contributed by atoms with Crippen molar-refractivity contribution < 1.29 is 9.53 Å². The third-order valence-electron chi connectivity index (χ3n) is 4.18. The van der Waals surface area contributed by atoms with Crippen molar-refractivity contribution in [2.45, 2.75) is 44.9 Å². The number of amides is 1. The van der Waals surface area contributed by atoms with Crippen LogP contribution in [0.5, 0.6) is 5.75 Å². The van der Waals surface area contributed by atoms with Gasteiger partial charge in [0.1, 0.15) is 5.75 Å². The van der Waals surface area contributed by atoms with Crippen molar-refractivity contribution in [1.82, 2.24) is 5.32 Å². The first-order chi connectivity index (χ1) is 9.76. The highest BCUT2D eigenvalue weighted by Gasteiger charge is 2.31.